The summed E-state index contributed by atoms with van der Waals surface area (Å²) < 4.78 is 26.2. The Labute approximate surface area is 169 Å². The molecule has 1 aliphatic heterocycles. The van der Waals surface area contributed by atoms with Crippen LogP contribution in [-0.2, 0) is 27.8 Å². The van der Waals surface area contributed by atoms with Crippen molar-refractivity contribution in [3.8, 4) is 0 Å². The number of amides is 1. The molecule has 0 fully saturated rings. The van der Waals surface area contributed by atoms with Crippen molar-refractivity contribution >= 4 is 27.3 Å². The Morgan fingerprint density at radius 1 is 1.21 bits per heavy atom. The molecule has 1 heterocycles. The van der Waals surface area contributed by atoms with Crippen molar-refractivity contribution in [3.63, 3.8) is 0 Å². The monoisotopic (exact) mass is 417 g/mol. The van der Waals surface area contributed by atoms with Gasteiger partial charge in [0.25, 0.3) is 5.69 Å². The molecule has 8 nitrogen and oxygen atoms in total. The first kappa shape index (κ1) is 20.8. The maximum Gasteiger partial charge on any atom is 0.271 e. The Morgan fingerprint density at radius 2 is 1.90 bits per heavy atom. The molecule has 3 rings (SSSR count). The van der Waals surface area contributed by atoms with Crippen LogP contribution >= 0.6 is 0 Å². The van der Waals surface area contributed by atoms with Crippen LogP contribution in [0.3, 0.4) is 0 Å². The molecule has 0 aromatic heterocycles. The number of hydrogen-bond acceptors (Lipinski definition) is 5. The molecule has 0 bridgehead atoms. The first-order valence-electron chi connectivity index (χ1n) is 9.31. The van der Waals surface area contributed by atoms with E-state index >= 15 is 0 Å². The number of nitrogens with zero attached hydrogens (tertiary/aromatic N) is 3. The van der Waals surface area contributed by atoms with Gasteiger partial charge in [-0.3, -0.25) is 19.2 Å². The number of fused-ring (bicyclic) bond motifs is 1. The number of carbonyl (C=O) groups excluding carboxylic acids is 1. The van der Waals surface area contributed by atoms with Gasteiger partial charge in [0, 0.05) is 25.2 Å². The molecule has 0 saturated carbocycles. The van der Waals surface area contributed by atoms with Crippen molar-refractivity contribution < 1.29 is 18.1 Å². The van der Waals surface area contributed by atoms with Crippen molar-refractivity contribution in [1.82, 2.24) is 4.90 Å². The fraction of sp³-hybridized carbons (Fsp3) is 0.350. The summed E-state index contributed by atoms with van der Waals surface area (Å²) in [5, 5.41) is 11.1. The largest absolute Gasteiger partial charge is 0.336 e. The zero-order chi connectivity index (χ0) is 21.2. The van der Waals surface area contributed by atoms with Gasteiger partial charge < -0.3 is 4.90 Å². The number of nitro groups is 1. The van der Waals surface area contributed by atoms with Gasteiger partial charge in [0.2, 0.25) is 15.9 Å². The van der Waals surface area contributed by atoms with Gasteiger partial charge in [-0.05, 0) is 30.0 Å². The lowest BCUT2D eigenvalue weighted by Gasteiger charge is -2.36. The van der Waals surface area contributed by atoms with Crippen molar-refractivity contribution in [2.24, 2.45) is 0 Å². The number of anilines is 1. The third kappa shape index (κ3) is 4.40. The van der Waals surface area contributed by atoms with Crippen molar-refractivity contribution in [1.29, 1.82) is 0 Å². The molecule has 2 aromatic carbocycles. The molecule has 0 aliphatic carbocycles. The standard InChI is InChI=1S/C20H23N3O5S/c1-3-19(20(24)21-12-11-15-7-4-5-8-16(15)14-21)22(29(2,27)28)17-9-6-10-18(13-17)23(25)26/h4-10,13,19H,3,11-12,14H2,1-2H3/t19-/m0/s1. The summed E-state index contributed by atoms with van der Waals surface area (Å²) in [5.41, 5.74) is 2.11. The van der Waals surface area contributed by atoms with E-state index in [0.717, 1.165) is 16.1 Å². The summed E-state index contributed by atoms with van der Waals surface area (Å²) in [7, 11) is -3.85. The van der Waals surface area contributed by atoms with Crippen molar-refractivity contribution in [2.75, 3.05) is 17.1 Å². The van der Waals surface area contributed by atoms with E-state index in [1.165, 1.54) is 29.8 Å². The zero-order valence-electron chi connectivity index (χ0n) is 16.3. The van der Waals surface area contributed by atoms with Crippen LogP contribution in [0.5, 0.6) is 0 Å². The third-order valence-corrected chi connectivity index (χ3v) is 6.23. The average Bonchev–Trinajstić information content (AvgIpc) is 2.70. The quantitative estimate of drug-likeness (QED) is 0.531. The number of carbonyl (C=O) groups is 1. The van der Waals surface area contributed by atoms with Crippen LogP contribution in [0.2, 0.25) is 0 Å². The van der Waals surface area contributed by atoms with Gasteiger partial charge >= 0.3 is 0 Å². The van der Waals surface area contributed by atoms with E-state index in [1.807, 2.05) is 24.3 Å². The third-order valence-electron chi connectivity index (χ3n) is 5.05. The van der Waals surface area contributed by atoms with Crippen molar-refractivity contribution in [3.05, 3.63) is 69.8 Å². The highest BCUT2D eigenvalue weighted by Gasteiger charge is 2.35. The predicted molar refractivity (Wildman–Crippen MR) is 110 cm³/mol. The van der Waals surface area contributed by atoms with Gasteiger partial charge in [0.05, 0.1) is 16.9 Å². The van der Waals surface area contributed by atoms with E-state index in [4.69, 9.17) is 0 Å². The minimum atomic E-state index is -3.85. The molecule has 0 N–H and O–H groups in total. The molecule has 1 aliphatic rings. The molecular formula is C20H23N3O5S. The maximum atomic E-state index is 13.3. The minimum Gasteiger partial charge on any atom is -0.336 e. The Bertz CT molecular complexity index is 1040. The Balaban J connectivity index is 1.95. The van der Waals surface area contributed by atoms with E-state index in [0.29, 0.717) is 19.5 Å². The average molecular weight is 417 g/mol. The summed E-state index contributed by atoms with van der Waals surface area (Å²) >= 11 is 0. The smallest absolute Gasteiger partial charge is 0.271 e. The second kappa shape index (κ2) is 8.20. The number of nitro benzene ring substituents is 1. The summed E-state index contributed by atoms with van der Waals surface area (Å²) in [4.78, 5) is 25.5. The molecule has 2 aromatic rings. The van der Waals surface area contributed by atoms with Gasteiger partial charge in [-0.1, -0.05) is 37.3 Å². The molecule has 0 radical (unpaired) electrons. The lowest BCUT2D eigenvalue weighted by Crippen LogP contribution is -2.51. The SMILES string of the molecule is CC[C@@H](C(=O)N1CCc2ccccc2C1)N(c1cccc([N+](=O)[O-])c1)S(C)(=O)=O. The van der Waals surface area contributed by atoms with Crippen LogP contribution < -0.4 is 4.31 Å². The normalized spacial score (nSPS) is 14.8. The van der Waals surface area contributed by atoms with E-state index in [-0.39, 0.29) is 23.7 Å². The van der Waals surface area contributed by atoms with Gasteiger partial charge in [-0.15, -0.1) is 0 Å². The fourth-order valence-electron chi connectivity index (χ4n) is 3.68. The minimum absolute atomic E-state index is 0.110. The number of sulfonamides is 1. The van der Waals surface area contributed by atoms with E-state index < -0.39 is 21.0 Å². The Kier molecular flexibility index (Phi) is 5.88. The summed E-state index contributed by atoms with van der Waals surface area (Å²) in [6, 6.07) is 12.2. The summed E-state index contributed by atoms with van der Waals surface area (Å²) in [6.07, 6.45) is 1.95. The lowest BCUT2D eigenvalue weighted by atomic mass is 9.99. The van der Waals surface area contributed by atoms with Gasteiger partial charge in [0.15, 0.2) is 0 Å². The molecule has 0 unspecified atom stereocenters. The van der Waals surface area contributed by atoms with Crippen LogP contribution in [-0.4, -0.2) is 43.0 Å². The second-order valence-corrected chi connectivity index (χ2v) is 8.90. The van der Waals surface area contributed by atoms with Crippen LogP contribution in [0.15, 0.2) is 48.5 Å². The van der Waals surface area contributed by atoms with Crippen LogP contribution in [0.1, 0.15) is 24.5 Å². The fourth-order valence-corrected chi connectivity index (χ4v) is 4.88. The molecule has 9 heteroatoms. The van der Waals surface area contributed by atoms with E-state index in [2.05, 4.69) is 0 Å². The topological polar surface area (TPSA) is 101 Å². The molecule has 1 atom stereocenters. The van der Waals surface area contributed by atoms with Gasteiger partial charge in [0.1, 0.15) is 6.04 Å². The maximum absolute atomic E-state index is 13.3. The highest BCUT2D eigenvalue weighted by Crippen LogP contribution is 2.28. The Morgan fingerprint density at radius 3 is 2.52 bits per heavy atom. The molecule has 0 spiro atoms. The highest BCUT2D eigenvalue weighted by atomic mass is 32.2. The predicted octanol–water partition coefficient (Wildman–Crippen LogP) is 2.72. The zero-order valence-corrected chi connectivity index (χ0v) is 17.1. The van der Waals surface area contributed by atoms with Gasteiger partial charge in [-0.25, -0.2) is 8.42 Å². The lowest BCUT2D eigenvalue weighted by molar-refractivity contribution is -0.384. The van der Waals surface area contributed by atoms with Crippen LogP contribution in [0.4, 0.5) is 11.4 Å². The molecular weight excluding hydrogens is 394 g/mol. The molecule has 0 saturated heterocycles. The van der Waals surface area contributed by atoms with Crippen molar-refractivity contribution in [2.45, 2.75) is 32.4 Å². The van der Waals surface area contributed by atoms with E-state index in [1.54, 1.807) is 11.8 Å². The second-order valence-electron chi connectivity index (χ2n) is 7.04. The first-order chi connectivity index (χ1) is 13.7. The highest BCUT2D eigenvalue weighted by molar-refractivity contribution is 7.92. The van der Waals surface area contributed by atoms with E-state index in [9.17, 15) is 23.3 Å². The summed E-state index contributed by atoms with van der Waals surface area (Å²) in [6.45, 7) is 2.65. The van der Waals surface area contributed by atoms with Crippen LogP contribution in [0.25, 0.3) is 0 Å². The number of benzene rings is 2. The Hall–Kier alpha value is -2.94. The molecule has 29 heavy (non-hydrogen) atoms. The van der Waals surface area contributed by atoms with Gasteiger partial charge in [-0.2, -0.15) is 0 Å². The molecule has 154 valence electrons. The summed E-state index contributed by atoms with van der Waals surface area (Å²) in [5.74, 6) is -0.307. The van der Waals surface area contributed by atoms with Crippen LogP contribution in [0, 0.1) is 10.1 Å². The first-order valence-corrected chi connectivity index (χ1v) is 11.2. The number of hydrogen-bond donors (Lipinski definition) is 0. The number of non-ortho nitro benzene ring substituents is 1. The number of rotatable bonds is 6. The molecule has 1 amide bonds.